The normalized spacial score (nSPS) is 19.0. The van der Waals surface area contributed by atoms with E-state index < -0.39 is 17.9 Å². The minimum absolute atomic E-state index is 0.187. The highest BCUT2D eigenvalue weighted by atomic mass is 32.1. The molecule has 2 unspecified atom stereocenters. The second-order valence-corrected chi connectivity index (χ2v) is 6.57. The van der Waals surface area contributed by atoms with E-state index in [4.69, 9.17) is 9.15 Å². The first kappa shape index (κ1) is 16.7. The molecular formula is C16H18N2O5S. The lowest BCUT2D eigenvalue weighted by Gasteiger charge is -2.27. The van der Waals surface area contributed by atoms with E-state index in [2.05, 4.69) is 10.3 Å². The van der Waals surface area contributed by atoms with Crippen LogP contribution in [0.3, 0.4) is 0 Å². The molecule has 2 aromatic heterocycles. The van der Waals surface area contributed by atoms with Crippen LogP contribution in [0.15, 0.2) is 21.9 Å². The van der Waals surface area contributed by atoms with Gasteiger partial charge in [-0.05, 0) is 31.9 Å². The Morgan fingerprint density at radius 3 is 2.92 bits per heavy atom. The average molecular weight is 350 g/mol. The fourth-order valence-corrected chi connectivity index (χ4v) is 3.43. The molecule has 2 aromatic rings. The highest BCUT2D eigenvalue weighted by Crippen LogP contribution is 2.26. The van der Waals surface area contributed by atoms with Crippen LogP contribution >= 0.6 is 11.3 Å². The second-order valence-electron chi connectivity index (χ2n) is 5.71. The number of hydrogen-bond donors (Lipinski definition) is 2. The van der Waals surface area contributed by atoms with Gasteiger partial charge in [-0.3, -0.25) is 4.79 Å². The van der Waals surface area contributed by atoms with Crippen molar-refractivity contribution >= 4 is 23.2 Å². The van der Waals surface area contributed by atoms with Gasteiger partial charge in [-0.2, -0.15) is 0 Å². The van der Waals surface area contributed by atoms with Crippen molar-refractivity contribution in [2.75, 3.05) is 13.2 Å². The van der Waals surface area contributed by atoms with Crippen molar-refractivity contribution in [2.24, 2.45) is 5.92 Å². The first-order chi connectivity index (χ1) is 11.5. The Kier molecular flexibility index (Phi) is 4.96. The molecule has 0 radical (unpaired) electrons. The van der Waals surface area contributed by atoms with Crippen LogP contribution in [0.2, 0.25) is 0 Å². The van der Waals surface area contributed by atoms with Gasteiger partial charge in [-0.15, -0.1) is 11.3 Å². The molecule has 1 aliphatic heterocycles. The Hall–Kier alpha value is -2.19. The Bertz CT molecular complexity index is 732. The smallest absolute Gasteiger partial charge is 0.326 e. The van der Waals surface area contributed by atoms with Crippen molar-refractivity contribution in [1.29, 1.82) is 0 Å². The predicted octanol–water partition coefficient (Wildman–Crippen LogP) is 2.32. The number of rotatable bonds is 5. The van der Waals surface area contributed by atoms with E-state index in [-0.39, 0.29) is 11.6 Å². The third kappa shape index (κ3) is 3.65. The summed E-state index contributed by atoms with van der Waals surface area (Å²) in [6.45, 7) is 2.80. The van der Waals surface area contributed by atoms with Gasteiger partial charge in [0.1, 0.15) is 17.5 Å². The standard InChI is InChI=1S/C16H18N2O5S/c1-9-4-5-12(23-9)15-17-11(8-24-15)14(19)18-13(16(20)21)10-3-2-6-22-7-10/h4-5,8,10,13H,2-3,6-7H2,1H3,(H,18,19)(H,20,21). The molecule has 7 nitrogen and oxygen atoms in total. The van der Waals surface area contributed by atoms with Crippen molar-refractivity contribution in [3.8, 4) is 10.8 Å². The highest BCUT2D eigenvalue weighted by molar-refractivity contribution is 7.13. The zero-order chi connectivity index (χ0) is 17.1. The molecule has 0 aliphatic carbocycles. The molecule has 8 heteroatoms. The summed E-state index contributed by atoms with van der Waals surface area (Å²) in [4.78, 5) is 28.1. The number of ether oxygens (including phenoxy) is 1. The maximum atomic E-state index is 12.4. The third-order valence-corrected chi connectivity index (χ3v) is 4.76. The molecule has 3 rings (SSSR count). The predicted molar refractivity (Wildman–Crippen MR) is 87.0 cm³/mol. The van der Waals surface area contributed by atoms with Crippen molar-refractivity contribution < 1.29 is 23.8 Å². The molecule has 0 aromatic carbocycles. The maximum absolute atomic E-state index is 12.4. The lowest BCUT2D eigenvalue weighted by Crippen LogP contribution is -2.48. The van der Waals surface area contributed by atoms with Crippen LogP contribution in [0.5, 0.6) is 0 Å². The van der Waals surface area contributed by atoms with Crippen LogP contribution in [0.25, 0.3) is 10.8 Å². The zero-order valence-corrected chi connectivity index (χ0v) is 14.0. The number of amides is 1. The fraction of sp³-hybridized carbons (Fsp3) is 0.438. The fourth-order valence-electron chi connectivity index (χ4n) is 2.67. The molecule has 1 aliphatic rings. The summed E-state index contributed by atoms with van der Waals surface area (Å²) in [5, 5.41) is 14.2. The highest BCUT2D eigenvalue weighted by Gasteiger charge is 2.32. The maximum Gasteiger partial charge on any atom is 0.326 e. The minimum atomic E-state index is -1.06. The van der Waals surface area contributed by atoms with E-state index in [1.807, 2.05) is 13.0 Å². The monoisotopic (exact) mass is 350 g/mol. The first-order valence-corrected chi connectivity index (χ1v) is 8.56. The number of furan rings is 1. The lowest BCUT2D eigenvalue weighted by molar-refractivity contribution is -0.142. The Labute approximate surface area is 142 Å². The largest absolute Gasteiger partial charge is 0.480 e. The molecule has 2 atom stereocenters. The van der Waals surface area contributed by atoms with Gasteiger partial charge in [0.05, 0.1) is 6.61 Å². The molecule has 2 N–H and O–H groups in total. The van der Waals surface area contributed by atoms with E-state index in [1.165, 1.54) is 11.3 Å². The van der Waals surface area contributed by atoms with Gasteiger partial charge < -0.3 is 19.6 Å². The molecule has 1 amide bonds. The summed E-state index contributed by atoms with van der Waals surface area (Å²) in [7, 11) is 0. The third-order valence-electron chi connectivity index (χ3n) is 3.91. The number of nitrogens with zero attached hydrogens (tertiary/aromatic N) is 1. The number of hydrogen-bond acceptors (Lipinski definition) is 6. The number of carboxylic acids is 1. The van der Waals surface area contributed by atoms with E-state index in [1.54, 1.807) is 11.4 Å². The Balaban J connectivity index is 1.71. The lowest BCUT2D eigenvalue weighted by atomic mass is 9.93. The van der Waals surface area contributed by atoms with Crippen molar-refractivity contribution in [1.82, 2.24) is 10.3 Å². The van der Waals surface area contributed by atoms with E-state index in [0.29, 0.717) is 30.4 Å². The first-order valence-electron chi connectivity index (χ1n) is 7.68. The van der Waals surface area contributed by atoms with Gasteiger partial charge in [0, 0.05) is 17.9 Å². The van der Waals surface area contributed by atoms with Gasteiger partial charge >= 0.3 is 5.97 Å². The zero-order valence-electron chi connectivity index (χ0n) is 13.2. The van der Waals surface area contributed by atoms with Gasteiger partial charge in [-0.25, -0.2) is 9.78 Å². The number of carbonyl (C=O) groups is 2. The Morgan fingerprint density at radius 1 is 1.46 bits per heavy atom. The van der Waals surface area contributed by atoms with Crippen LogP contribution in [0, 0.1) is 12.8 Å². The Morgan fingerprint density at radius 2 is 2.29 bits per heavy atom. The number of thiazole rings is 1. The van der Waals surface area contributed by atoms with Crippen molar-refractivity contribution in [3.05, 3.63) is 29.0 Å². The SMILES string of the molecule is Cc1ccc(-c2nc(C(=O)NC(C(=O)O)C3CCCOC3)cs2)o1. The molecule has 1 saturated heterocycles. The topological polar surface area (TPSA) is 102 Å². The molecule has 128 valence electrons. The molecule has 1 fully saturated rings. The van der Waals surface area contributed by atoms with Crippen LogP contribution < -0.4 is 5.32 Å². The molecule has 3 heterocycles. The van der Waals surface area contributed by atoms with E-state index in [0.717, 1.165) is 12.2 Å². The minimum Gasteiger partial charge on any atom is -0.480 e. The van der Waals surface area contributed by atoms with Crippen LogP contribution in [-0.2, 0) is 9.53 Å². The van der Waals surface area contributed by atoms with Gasteiger partial charge in [-0.1, -0.05) is 0 Å². The summed E-state index contributed by atoms with van der Waals surface area (Å²) in [6, 6.07) is 2.63. The second kappa shape index (κ2) is 7.14. The number of aryl methyl sites for hydroxylation is 1. The number of carboxylic acid groups (broad SMARTS) is 1. The van der Waals surface area contributed by atoms with Crippen LogP contribution in [0.4, 0.5) is 0 Å². The molecule has 24 heavy (non-hydrogen) atoms. The van der Waals surface area contributed by atoms with Gasteiger partial charge in [0.25, 0.3) is 5.91 Å². The number of aliphatic carboxylic acids is 1. The van der Waals surface area contributed by atoms with Crippen molar-refractivity contribution in [2.45, 2.75) is 25.8 Å². The molecule has 0 saturated carbocycles. The summed E-state index contributed by atoms with van der Waals surface area (Å²) in [6.07, 6.45) is 1.51. The summed E-state index contributed by atoms with van der Waals surface area (Å²) >= 11 is 1.28. The van der Waals surface area contributed by atoms with Gasteiger partial charge in [0.2, 0.25) is 0 Å². The van der Waals surface area contributed by atoms with Crippen molar-refractivity contribution in [3.63, 3.8) is 0 Å². The average Bonchev–Trinajstić information content (AvgIpc) is 3.21. The quantitative estimate of drug-likeness (QED) is 0.858. The van der Waals surface area contributed by atoms with Gasteiger partial charge in [0.15, 0.2) is 10.8 Å². The molecule has 0 bridgehead atoms. The van der Waals surface area contributed by atoms with Crippen LogP contribution in [-0.4, -0.2) is 41.2 Å². The number of aromatic nitrogens is 1. The summed E-state index contributed by atoms with van der Waals surface area (Å²) in [5.41, 5.74) is 0.187. The van der Waals surface area contributed by atoms with E-state index >= 15 is 0 Å². The number of nitrogens with one attached hydrogen (secondary N) is 1. The summed E-state index contributed by atoms with van der Waals surface area (Å²) < 4.78 is 10.8. The molecule has 0 spiro atoms. The molecular weight excluding hydrogens is 332 g/mol. The van der Waals surface area contributed by atoms with Crippen LogP contribution in [0.1, 0.15) is 29.1 Å². The summed E-state index contributed by atoms with van der Waals surface area (Å²) in [5.74, 6) is -0.442. The number of carbonyl (C=O) groups excluding carboxylic acids is 1. The van der Waals surface area contributed by atoms with E-state index in [9.17, 15) is 14.7 Å².